The minimum atomic E-state index is -3.23. The average Bonchev–Trinajstić information content (AvgIpc) is 3.68. The Bertz CT molecular complexity index is 1830. The fourth-order valence-corrected chi connectivity index (χ4v) is 5.59. The first-order valence-corrected chi connectivity index (χ1v) is 14.1. The molecule has 0 fully saturated rings. The van der Waals surface area contributed by atoms with Crippen molar-refractivity contribution in [2.45, 2.75) is 12.0 Å². The van der Waals surface area contributed by atoms with Crippen LogP contribution in [-0.4, -0.2) is 66.5 Å². The molecule has 45 heavy (non-hydrogen) atoms. The number of carbonyl (C=O) groups is 2. The van der Waals surface area contributed by atoms with Crippen LogP contribution in [0.25, 0.3) is 5.70 Å². The Kier molecular flexibility index (Phi) is 7.78. The highest BCUT2D eigenvalue weighted by Gasteiger charge is 2.44. The molecular weight excluding hydrogens is 582 g/mol. The number of methoxy groups -OCH3 is 2. The van der Waals surface area contributed by atoms with Crippen LogP contribution in [0.2, 0.25) is 0 Å². The molecule has 0 unspecified atom stereocenters. The van der Waals surface area contributed by atoms with Gasteiger partial charge in [-0.2, -0.15) is 19.1 Å². The quantitative estimate of drug-likeness (QED) is 0.286. The molecule has 0 aliphatic carbocycles. The second kappa shape index (κ2) is 11.9. The van der Waals surface area contributed by atoms with Crippen molar-refractivity contribution in [1.82, 2.24) is 14.7 Å². The Morgan fingerprint density at radius 3 is 2.51 bits per heavy atom. The maximum absolute atomic E-state index is 15.3. The maximum atomic E-state index is 15.3. The lowest BCUT2D eigenvalue weighted by Gasteiger charge is -2.35. The number of rotatable bonds is 9. The third-order valence-electron chi connectivity index (χ3n) is 7.87. The van der Waals surface area contributed by atoms with Crippen molar-refractivity contribution in [3.05, 3.63) is 113 Å². The van der Waals surface area contributed by atoms with E-state index in [1.54, 1.807) is 25.3 Å². The van der Waals surface area contributed by atoms with Crippen molar-refractivity contribution in [2.75, 3.05) is 44.1 Å². The number of amides is 2. The van der Waals surface area contributed by atoms with Gasteiger partial charge in [0.05, 0.1) is 42.9 Å². The minimum Gasteiger partial charge on any atom is -0.495 e. The van der Waals surface area contributed by atoms with Gasteiger partial charge in [-0.1, -0.05) is 42.5 Å². The van der Waals surface area contributed by atoms with Crippen molar-refractivity contribution in [2.24, 2.45) is 0 Å². The molecular formula is C33H28F2N6O4. The molecule has 2 aliphatic rings. The zero-order chi connectivity index (χ0) is 31.7. The fraction of sp³-hybridized carbons (Fsp3) is 0.212. The summed E-state index contributed by atoms with van der Waals surface area (Å²) < 4.78 is 42.5. The van der Waals surface area contributed by atoms with Crippen LogP contribution in [0.1, 0.15) is 37.5 Å². The van der Waals surface area contributed by atoms with E-state index in [4.69, 9.17) is 9.47 Å². The molecule has 3 heterocycles. The smallest absolute Gasteiger partial charge is 0.298 e. The van der Waals surface area contributed by atoms with Crippen LogP contribution in [0, 0.1) is 11.3 Å². The number of alkyl halides is 2. The van der Waals surface area contributed by atoms with Gasteiger partial charge in [0, 0.05) is 48.8 Å². The molecule has 12 heteroatoms. The summed E-state index contributed by atoms with van der Waals surface area (Å²) in [6, 6.07) is 19.1. The van der Waals surface area contributed by atoms with Gasteiger partial charge in [0.2, 0.25) is 0 Å². The molecule has 0 spiro atoms. The number of nitriles is 1. The fourth-order valence-electron chi connectivity index (χ4n) is 5.59. The minimum absolute atomic E-state index is 0.104. The van der Waals surface area contributed by atoms with Crippen molar-refractivity contribution in [1.29, 1.82) is 5.26 Å². The van der Waals surface area contributed by atoms with Crippen LogP contribution in [0.3, 0.4) is 0 Å². The third-order valence-corrected chi connectivity index (χ3v) is 7.87. The summed E-state index contributed by atoms with van der Waals surface area (Å²) in [4.78, 5) is 31.0. The van der Waals surface area contributed by atoms with E-state index in [1.165, 1.54) is 77.5 Å². The molecule has 1 N–H and O–H groups in total. The molecule has 1 atom stereocenters. The molecule has 6 rings (SSSR count). The largest absolute Gasteiger partial charge is 0.495 e. The third kappa shape index (κ3) is 5.27. The Morgan fingerprint density at radius 1 is 1.09 bits per heavy atom. The molecule has 1 aromatic heterocycles. The highest BCUT2D eigenvalue weighted by atomic mass is 19.3. The SMILES string of the molecule is COCCN1C=C2[C@H](C1)N(c1ccc(C(F)(F)c3ccccc3)cc1)C(=O)c1c(NC(=O)c3ccc(OC)c(C#N)c3)cnn12. The zero-order valence-electron chi connectivity index (χ0n) is 24.4. The predicted molar refractivity (Wildman–Crippen MR) is 162 cm³/mol. The van der Waals surface area contributed by atoms with E-state index >= 15 is 8.78 Å². The number of aromatic nitrogens is 2. The number of fused-ring (bicyclic) bond motifs is 3. The van der Waals surface area contributed by atoms with Gasteiger partial charge in [-0.3, -0.25) is 14.5 Å². The monoisotopic (exact) mass is 610 g/mol. The van der Waals surface area contributed by atoms with Crippen LogP contribution in [0.15, 0.2) is 85.2 Å². The van der Waals surface area contributed by atoms with Crippen LogP contribution in [0.4, 0.5) is 20.2 Å². The predicted octanol–water partition coefficient (Wildman–Crippen LogP) is 4.95. The Balaban J connectivity index is 1.35. The Morgan fingerprint density at radius 2 is 1.82 bits per heavy atom. The molecule has 0 radical (unpaired) electrons. The van der Waals surface area contributed by atoms with Gasteiger partial charge in [-0.15, -0.1) is 0 Å². The van der Waals surface area contributed by atoms with Gasteiger partial charge in [0.15, 0.2) is 5.69 Å². The number of anilines is 2. The van der Waals surface area contributed by atoms with Crippen molar-refractivity contribution < 1.29 is 27.8 Å². The normalized spacial score (nSPS) is 15.7. The van der Waals surface area contributed by atoms with Crippen LogP contribution in [0.5, 0.6) is 5.75 Å². The lowest BCUT2D eigenvalue weighted by Crippen LogP contribution is -2.49. The Labute approximate surface area is 257 Å². The topological polar surface area (TPSA) is 113 Å². The van der Waals surface area contributed by atoms with Gasteiger partial charge in [0.1, 0.15) is 11.8 Å². The summed E-state index contributed by atoms with van der Waals surface area (Å²) in [5, 5.41) is 16.6. The number of nitrogens with one attached hydrogen (secondary N) is 1. The van der Waals surface area contributed by atoms with E-state index in [1.807, 2.05) is 17.2 Å². The van der Waals surface area contributed by atoms with E-state index in [-0.39, 0.29) is 33.6 Å². The average molecular weight is 611 g/mol. The van der Waals surface area contributed by atoms with Gasteiger partial charge >= 0.3 is 0 Å². The summed E-state index contributed by atoms with van der Waals surface area (Å²) in [7, 11) is 3.03. The Hall–Kier alpha value is -5.54. The van der Waals surface area contributed by atoms with E-state index in [2.05, 4.69) is 10.4 Å². The zero-order valence-corrected chi connectivity index (χ0v) is 24.4. The van der Waals surface area contributed by atoms with Gasteiger partial charge in [-0.05, 0) is 30.3 Å². The standard InChI is InChI=1S/C33H28F2N6O4/c1-44-15-14-39-19-27-28(20-39)41-30(26(18-37-41)38-31(42)21-8-13-29(45-2)22(16-21)17-36)32(43)40(27)25-11-9-24(10-12-25)33(34,35)23-6-4-3-5-7-23/h3-13,16,18,20,27H,14-15,19H2,1-2H3,(H,38,42)/t27-/m0/s1. The lowest BCUT2D eigenvalue weighted by atomic mass is 9.99. The number of ether oxygens (including phenoxy) is 2. The van der Waals surface area contributed by atoms with Crippen molar-refractivity contribution in [3.63, 3.8) is 0 Å². The molecule has 3 aromatic carbocycles. The van der Waals surface area contributed by atoms with Crippen molar-refractivity contribution in [3.8, 4) is 11.8 Å². The number of hydrogen-bond donors (Lipinski definition) is 1. The number of halogens is 2. The summed E-state index contributed by atoms with van der Waals surface area (Å²) in [5.74, 6) is -3.92. The molecule has 2 aliphatic heterocycles. The van der Waals surface area contributed by atoms with Crippen LogP contribution in [-0.2, 0) is 10.7 Å². The summed E-state index contributed by atoms with van der Waals surface area (Å²) in [6.07, 6.45) is 3.27. The van der Waals surface area contributed by atoms with E-state index < -0.39 is 23.8 Å². The molecule has 10 nitrogen and oxygen atoms in total. The maximum Gasteiger partial charge on any atom is 0.298 e. The lowest BCUT2D eigenvalue weighted by molar-refractivity contribution is 0.0428. The van der Waals surface area contributed by atoms with Gasteiger partial charge < -0.3 is 19.7 Å². The van der Waals surface area contributed by atoms with E-state index in [0.29, 0.717) is 36.8 Å². The molecule has 4 aromatic rings. The van der Waals surface area contributed by atoms with Gasteiger partial charge in [-0.25, -0.2) is 4.68 Å². The summed E-state index contributed by atoms with van der Waals surface area (Å²) in [6.45, 7) is 1.43. The number of carbonyl (C=O) groups excluding carboxylic acids is 2. The van der Waals surface area contributed by atoms with Crippen LogP contribution >= 0.6 is 0 Å². The number of benzene rings is 3. The summed E-state index contributed by atoms with van der Waals surface area (Å²) >= 11 is 0. The van der Waals surface area contributed by atoms with Gasteiger partial charge in [0.25, 0.3) is 17.7 Å². The summed E-state index contributed by atoms with van der Waals surface area (Å²) in [5.41, 5.74) is 1.38. The highest BCUT2D eigenvalue weighted by Crippen LogP contribution is 2.40. The molecule has 0 saturated heterocycles. The van der Waals surface area contributed by atoms with Crippen molar-refractivity contribution >= 4 is 28.9 Å². The first-order chi connectivity index (χ1) is 21.8. The molecule has 0 saturated carbocycles. The van der Waals surface area contributed by atoms with E-state index in [9.17, 15) is 14.9 Å². The number of hydrogen-bond acceptors (Lipinski definition) is 7. The second-order valence-corrected chi connectivity index (χ2v) is 10.5. The molecule has 0 bridgehead atoms. The highest BCUT2D eigenvalue weighted by molar-refractivity contribution is 6.15. The first-order valence-electron chi connectivity index (χ1n) is 14.1. The molecule has 2 amide bonds. The number of nitrogens with zero attached hydrogens (tertiary/aromatic N) is 5. The van der Waals surface area contributed by atoms with Crippen LogP contribution < -0.4 is 15.0 Å². The molecule has 228 valence electrons. The first kappa shape index (κ1) is 29.5. The second-order valence-electron chi connectivity index (χ2n) is 10.5. The van der Waals surface area contributed by atoms with E-state index in [0.717, 1.165) is 0 Å².